The molecule has 0 radical (unpaired) electrons. The molecule has 2 rings (SSSR count). The lowest BCUT2D eigenvalue weighted by Gasteiger charge is -2.20. The summed E-state index contributed by atoms with van der Waals surface area (Å²) in [7, 11) is -3.67. The first kappa shape index (κ1) is 21.9. The molecule has 0 fully saturated rings. The van der Waals surface area contributed by atoms with E-state index < -0.39 is 21.5 Å². The Hall–Kier alpha value is -2.37. The van der Waals surface area contributed by atoms with Gasteiger partial charge in [0.05, 0.1) is 4.90 Å². The van der Waals surface area contributed by atoms with Crippen LogP contribution in [0.3, 0.4) is 0 Å². The van der Waals surface area contributed by atoms with Crippen LogP contribution >= 0.6 is 11.8 Å². The van der Waals surface area contributed by atoms with Crippen LogP contribution in [0.5, 0.6) is 0 Å². The van der Waals surface area contributed by atoms with E-state index in [0.717, 1.165) is 0 Å². The SMILES string of the molecule is CCN(CC)S(=O)(=O)c1ccc(C)c(Nc2nc(SC)[nH]c(=O)c2C(N)=O)c1. The second-order valence-electron chi connectivity index (χ2n) is 5.85. The number of nitrogens with two attached hydrogens (primary N) is 1. The molecule has 0 aliphatic rings. The monoisotopic (exact) mass is 425 g/mol. The van der Waals surface area contributed by atoms with Crippen LogP contribution in [-0.2, 0) is 10.0 Å². The molecule has 152 valence electrons. The number of sulfonamides is 1. The fourth-order valence-corrected chi connectivity index (χ4v) is 4.47. The van der Waals surface area contributed by atoms with Gasteiger partial charge in [0.1, 0.15) is 5.56 Å². The summed E-state index contributed by atoms with van der Waals surface area (Å²) in [4.78, 5) is 30.7. The fourth-order valence-electron chi connectivity index (χ4n) is 2.60. The highest BCUT2D eigenvalue weighted by molar-refractivity contribution is 7.98. The van der Waals surface area contributed by atoms with Gasteiger partial charge in [0.2, 0.25) is 10.0 Å². The van der Waals surface area contributed by atoms with Gasteiger partial charge in [-0.2, -0.15) is 4.31 Å². The van der Waals surface area contributed by atoms with Gasteiger partial charge in [-0.15, -0.1) is 0 Å². The number of hydrogen-bond acceptors (Lipinski definition) is 7. The molecule has 9 nitrogen and oxygen atoms in total. The molecule has 1 amide bonds. The van der Waals surface area contributed by atoms with Gasteiger partial charge in [-0.05, 0) is 30.9 Å². The van der Waals surface area contributed by atoms with Crippen LogP contribution in [0.2, 0.25) is 0 Å². The molecule has 4 N–H and O–H groups in total. The number of primary amides is 1. The molecule has 0 aliphatic heterocycles. The number of H-pyrrole nitrogens is 1. The number of aromatic nitrogens is 2. The van der Waals surface area contributed by atoms with Crippen molar-refractivity contribution in [1.82, 2.24) is 14.3 Å². The molecule has 0 atom stereocenters. The summed E-state index contributed by atoms with van der Waals surface area (Å²) in [6.45, 7) is 5.97. The number of carbonyl (C=O) groups excluding carboxylic acids is 1. The van der Waals surface area contributed by atoms with Crippen LogP contribution in [0, 0.1) is 6.92 Å². The molecule has 1 aromatic carbocycles. The van der Waals surface area contributed by atoms with Crippen molar-refractivity contribution in [2.75, 3.05) is 24.7 Å². The van der Waals surface area contributed by atoms with E-state index in [1.165, 1.54) is 28.2 Å². The predicted octanol–water partition coefficient (Wildman–Crippen LogP) is 1.67. The Morgan fingerprint density at radius 1 is 1.32 bits per heavy atom. The van der Waals surface area contributed by atoms with E-state index in [9.17, 15) is 18.0 Å². The first-order valence-electron chi connectivity index (χ1n) is 8.51. The van der Waals surface area contributed by atoms with Gasteiger partial charge < -0.3 is 16.0 Å². The first-order chi connectivity index (χ1) is 13.1. The van der Waals surface area contributed by atoms with Crippen molar-refractivity contribution in [3.63, 3.8) is 0 Å². The average molecular weight is 426 g/mol. The van der Waals surface area contributed by atoms with Crippen molar-refractivity contribution in [2.45, 2.75) is 30.8 Å². The zero-order valence-corrected chi connectivity index (χ0v) is 17.7. The summed E-state index contributed by atoms with van der Waals surface area (Å²) in [5, 5.41) is 3.19. The van der Waals surface area contributed by atoms with Crippen molar-refractivity contribution in [3.05, 3.63) is 39.7 Å². The minimum absolute atomic E-state index is 0.0268. The number of carbonyl (C=O) groups is 1. The molecular weight excluding hydrogens is 402 g/mol. The van der Waals surface area contributed by atoms with Crippen LogP contribution < -0.4 is 16.6 Å². The predicted molar refractivity (Wildman–Crippen MR) is 110 cm³/mol. The zero-order valence-electron chi connectivity index (χ0n) is 16.1. The highest BCUT2D eigenvalue weighted by Crippen LogP contribution is 2.26. The maximum absolute atomic E-state index is 12.8. The summed E-state index contributed by atoms with van der Waals surface area (Å²) in [6, 6.07) is 4.61. The smallest absolute Gasteiger partial charge is 0.266 e. The maximum Gasteiger partial charge on any atom is 0.266 e. The number of thioether (sulfide) groups is 1. The van der Waals surface area contributed by atoms with Crippen LogP contribution in [-0.4, -0.2) is 47.9 Å². The molecule has 28 heavy (non-hydrogen) atoms. The third kappa shape index (κ3) is 4.37. The van der Waals surface area contributed by atoms with Crippen LogP contribution in [0.1, 0.15) is 29.8 Å². The fraction of sp³-hybridized carbons (Fsp3) is 0.353. The van der Waals surface area contributed by atoms with Gasteiger partial charge in [0.25, 0.3) is 11.5 Å². The van der Waals surface area contributed by atoms with Gasteiger partial charge in [-0.25, -0.2) is 13.4 Å². The molecule has 0 saturated heterocycles. The first-order valence-corrected chi connectivity index (χ1v) is 11.2. The van der Waals surface area contributed by atoms with E-state index >= 15 is 0 Å². The van der Waals surface area contributed by atoms with Crippen molar-refractivity contribution in [2.24, 2.45) is 5.73 Å². The summed E-state index contributed by atoms with van der Waals surface area (Å²) in [5.41, 5.74) is 5.45. The molecule has 0 bridgehead atoms. The van der Waals surface area contributed by atoms with Gasteiger partial charge in [0, 0.05) is 18.8 Å². The Bertz CT molecular complexity index is 1050. The van der Waals surface area contributed by atoms with Crippen molar-refractivity contribution < 1.29 is 13.2 Å². The molecule has 0 saturated carbocycles. The quantitative estimate of drug-likeness (QED) is 0.432. The van der Waals surface area contributed by atoms with Crippen LogP contribution in [0.25, 0.3) is 0 Å². The van der Waals surface area contributed by atoms with E-state index in [-0.39, 0.29) is 16.3 Å². The number of benzene rings is 1. The summed E-state index contributed by atoms with van der Waals surface area (Å²) < 4.78 is 26.9. The average Bonchev–Trinajstić information content (AvgIpc) is 2.63. The Labute approximate surface area is 167 Å². The lowest BCUT2D eigenvalue weighted by Crippen LogP contribution is -2.30. The highest BCUT2D eigenvalue weighted by atomic mass is 32.2. The van der Waals surface area contributed by atoms with Crippen LogP contribution in [0.4, 0.5) is 11.5 Å². The Balaban J connectivity index is 2.58. The normalized spacial score (nSPS) is 11.6. The van der Waals surface area contributed by atoms with E-state index in [2.05, 4.69) is 15.3 Å². The van der Waals surface area contributed by atoms with Gasteiger partial charge >= 0.3 is 0 Å². The molecule has 11 heteroatoms. The number of hydrogen-bond donors (Lipinski definition) is 3. The number of aryl methyl sites for hydroxylation is 1. The number of aromatic amines is 1. The van der Waals surface area contributed by atoms with E-state index in [1.54, 1.807) is 33.1 Å². The molecular formula is C17H23N5O4S2. The highest BCUT2D eigenvalue weighted by Gasteiger charge is 2.23. The number of anilines is 2. The van der Waals surface area contributed by atoms with E-state index in [0.29, 0.717) is 29.5 Å². The standard InChI is InChI=1S/C17H23N5O4S2/c1-5-22(6-2)28(25,26)11-8-7-10(3)12(9-11)19-15-13(14(18)23)16(24)21-17(20-15)27-4/h7-9H,5-6H2,1-4H3,(H2,18,23)(H2,19,20,21,24). The van der Waals surface area contributed by atoms with Crippen molar-refractivity contribution in [1.29, 1.82) is 0 Å². The number of amides is 1. The third-order valence-corrected chi connectivity index (χ3v) is 6.77. The Kier molecular flexibility index (Phi) is 6.86. The summed E-state index contributed by atoms with van der Waals surface area (Å²) >= 11 is 1.19. The zero-order chi connectivity index (χ0) is 21.1. The Morgan fingerprint density at radius 2 is 1.96 bits per heavy atom. The topological polar surface area (TPSA) is 138 Å². The van der Waals surface area contributed by atoms with Gasteiger partial charge in [0.15, 0.2) is 11.0 Å². The number of nitrogens with one attached hydrogen (secondary N) is 2. The minimum atomic E-state index is -3.67. The van der Waals surface area contributed by atoms with Crippen molar-refractivity contribution in [3.8, 4) is 0 Å². The molecule has 2 aromatic rings. The molecule has 1 aromatic heterocycles. The van der Waals surface area contributed by atoms with Crippen molar-refractivity contribution >= 4 is 39.2 Å². The lowest BCUT2D eigenvalue weighted by atomic mass is 10.2. The molecule has 0 unspecified atom stereocenters. The van der Waals surface area contributed by atoms with Gasteiger partial charge in [-0.3, -0.25) is 9.59 Å². The third-order valence-electron chi connectivity index (χ3n) is 4.14. The van der Waals surface area contributed by atoms with Gasteiger partial charge in [-0.1, -0.05) is 31.7 Å². The van der Waals surface area contributed by atoms with Crippen LogP contribution in [0.15, 0.2) is 33.0 Å². The minimum Gasteiger partial charge on any atom is -0.365 e. The molecule has 0 spiro atoms. The maximum atomic E-state index is 12.8. The molecule has 0 aliphatic carbocycles. The van der Waals surface area contributed by atoms with E-state index in [4.69, 9.17) is 5.73 Å². The lowest BCUT2D eigenvalue weighted by molar-refractivity contribution is 0.0999. The second-order valence-corrected chi connectivity index (χ2v) is 8.59. The summed E-state index contributed by atoms with van der Waals surface area (Å²) in [6.07, 6.45) is 1.72. The Morgan fingerprint density at radius 3 is 2.50 bits per heavy atom. The second kappa shape index (κ2) is 8.76. The molecule has 1 heterocycles. The number of nitrogens with zero attached hydrogens (tertiary/aromatic N) is 2. The number of rotatable bonds is 8. The summed E-state index contributed by atoms with van der Waals surface area (Å²) in [5.74, 6) is -0.963. The largest absolute Gasteiger partial charge is 0.365 e. The van der Waals surface area contributed by atoms with E-state index in [1.807, 2.05) is 0 Å².